The van der Waals surface area contributed by atoms with Crippen molar-refractivity contribution in [2.24, 2.45) is 5.92 Å². The van der Waals surface area contributed by atoms with Crippen molar-refractivity contribution in [3.8, 4) is 5.75 Å². The van der Waals surface area contributed by atoms with Gasteiger partial charge < -0.3 is 10.1 Å². The minimum absolute atomic E-state index is 0.0515. The first-order valence-corrected chi connectivity index (χ1v) is 11.5. The molecule has 8 heteroatoms. The third kappa shape index (κ3) is 5.79. The number of benzene rings is 2. The number of halogens is 1. The number of piperidine rings is 1. The maximum Gasteiger partial charge on any atom is 0.243 e. The Balaban J connectivity index is 1.39. The van der Waals surface area contributed by atoms with Gasteiger partial charge in [-0.15, -0.1) is 0 Å². The average molecular weight is 435 g/mol. The van der Waals surface area contributed by atoms with Crippen molar-refractivity contribution in [2.75, 3.05) is 26.2 Å². The Hall–Kier alpha value is -2.45. The molecule has 1 N–H and O–H groups in total. The van der Waals surface area contributed by atoms with Crippen LogP contribution in [0.4, 0.5) is 4.39 Å². The summed E-state index contributed by atoms with van der Waals surface area (Å²) in [4.78, 5) is 12.4. The highest BCUT2D eigenvalue weighted by molar-refractivity contribution is 7.89. The summed E-state index contributed by atoms with van der Waals surface area (Å²) in [6.07, 6.45) is 1.62. The van der Waals surface area contributed by atoms with E-state index in [1.165, 1.54) is 16.4 Å². The molecule has 1 heterocycles. The maximum absolute atomic E-state index is 13.0. The number of carbonyl (C=O) groups excluding carboxylic acids is 1. The monoisotopic (exact) mass is 434 g/mol. The van der Waals surface area contributed by atoms with Crippen molar-refractivity contribution in [1.29, 1.82) is 0 Å². The topological polar surface area (TPSA) is 75.7 Å². The fourth-order valence-corrected chi connectivity index (χ4v) is 4.91. The van der Waals surface area contributed by atoms with Gasteiger partial charge in [0.05, 0.1) is 11.5 Å². The van der Waals surface area contributed by atoms with Crippen LogP contribution in [0.15, 0.2) is 53.4 Å². The van der Waals surface area contributed by atoms with Gasteiger partial charge in [-0.3, -0.25) is 4.79 Å². The molecule has 1 aliphatic rings. The zero-order valence-corrected chi connectivity index (χ0v) is 17.8. The molecule has 30 heavy (non-hydrogen) atoms. The van der Waals surface area contributed by atoms with E-state index in [0.29, 0.717) is 32.4 Å². The molecule has 1 fully saturated rings. The summed E-state index contributed by atoms with van der Waals surface area (Å²) in [5.74, 6) is 0.0800. The van der Waals surface area contributed by atoms with Crippen LogP contribution in [0.2, 0.25) is 0 Å². The second-order valence-corrected chi connectivity index (χ2v) is 9.38. The molecule has 0 radical (unpaired) electrons. The van der Waals surface area contributed by atoms with Gasteiger partial charge in [-0.2, -0.15) is 4.31 Å². The van der Waals surface area contributed by atoms with Gasteiger partial charge in [-0.25, -0.2) is 12.8 Å². The number of aryl methyl sites for hydroxylation is 1. The Kier molecular flexibility index (Phi) is 7.44. The molecule has 1 saturated heterocycles. The van der Waals surface area contributed by atoms with Gasteiger partial charge in [0.15, 0.2) is 0 Å². The lowest BCUT2D eigenvalue weighted by Crippen LogP contribution is -2.43. The van der Waals surface area contributed by atoms with Crippen LogP contribution in [0.1, 0.15) is 24.8 Å². The molecule has 3 rings (SSSR count). The predicted molar refractivity (Wildman–Crippen MR) is 112 cm³/mol. The highest BCUT2D eigenvalue weighted by Gasteiger charge is 2.31. The number of nitrogens with one attached hydrogen (secondary N) is 1. The zero-order valence-electron chi connectivity index (χ0n) is 17.0. The lowest BCUT2D eigenvalue weighted by molar-refractivity contribution is -0.126. The highest BCUT2D eigenvalue weighted by atomic mass is 32.2. The summed E-state index contributed by atoms with van der Waals surface area (Å²) in [7, 11) is -3.66. The minimum atomic E-state index is -3.66. The van der Waals surface area contributed by atoms with Crippen LogP contribution >= 0.6 is 0 Å². The van der Waals surface area contributed by atoms with Gasteiger partial charge in [0.1, 0.15) is 11.6 Å². The van der Waals surface area contributed by atoms with Gasteiger partial charge in [0.2, 0.25) is 15.9 Å². The molecule has 1 aliphatic heterocycles. The number of sulfonamides is 1. The number of carbonyl (C=O) groups is 1. The smallest absolute Gasteiger partial charge is 0.243 e. The molecule has 0 bridgehead atoms. The summed E-state index contributed by atoms with van der Waals surface area (Å²) in [6, 6.07) is 12.6. The fourth-order valence-electron chi connectivity index (χ4n) is 3.44. The van der Waals surface area contributed by atoms with Crippen LogP contribution in [-0.4, -0.2) is 44.9 Å². The normalized spacial score (nSPS) is 15.7. The van der Waals surface area contributed by atoms with Crippen molar-refractivity contribution >= 4 is 15.9 Å². The van der Waals surface area contributed by atoms with Crippen molar-refractivity contribution in [1.82, 2.24) is 9.62 Å². The lowest BCUT2D eigenvalue weighted by Gasteiger charge is -2.30. The van der Waals surface area contributed by atoms with Crippen molar-refractivity contribution in [3.63, 3.8) is 0 Å². The SMILES string of the molecule is Cc1cccc(OCCCNC(=O)C2CCN(S(=O)(=O)c3ccc(F)cc3)CC2)c1. The average Bonchev–Trinajstić information content (AvgIpc) is 2.74. The van der Waals surface area contributed by atoms with Crippen LogP contribution in [0, 0.1) is 18.7 Å². The van der Waals surface area contributed by atoms with E-state index in [4.69, 9.17) is 4.74 Å². The van der Waals surface area contributed by atoms with E-state index in [-0.39, 0.29) is 29.8 Å². The van der Waals surface area contributed by atoms with Crippen molar-refractivity contribution in [3.05, 3.63) is 59.9 Å². The van der Waals surface area contributed by atoms with E-state index in [1.54, 1.807) is 0 Å². The number of ether oxygens (including phenoxy) is 1. The van der Waals surface area contributed by atoms with E-state index >= 15 is 0 Å². The fraction of sp³-hybridized carbons (Fsp3) is 0.409. The van der Waals surface area contributed by atoms with Gasteiger partial charge in [-0.05, 0) is 68.1 Å². The first-order valence-electron chi connectivity index (χ1n) is 10.1. The predicted octanol–water partition coefficient (Wildman–Crippen LogP) is 3.12. The molecule has 162 valence electrons. The van der Waals surface area contributed by atoms with Crippen LogP contribution in [0.25, 0.3) is 0 Å². The van der Waals surface area contributed by atoms with Crippen molar-refractivity contribution < 1.29 is 22.3 Å². The molecule has 0 aliphatic carbocycles. The molecule has 2 aromatic rings. The first-order chi connectivity index (χ1) is 14.4. The minimum Gasteiger partial charge on any atom is -0.494 e. The standard InChI is InChI=1S/C22H27FN2O4S/c1-17-4-2-5-20(16-17)29-15-3-12-24-22(26)18-10-13-25(14-11-18)30(27,28)21-8-6-19(23)7-9-21/h2,4-9,16,18H,3,10-15H2,1H3,(H,24,26). The molecule has 0 atom stereocenters. The Bertz CT molecular complexity index is 955. The Morgan fingerprint density at radius 2 is 1.87 bits per heavy atom. The first kappa shape index (κ1) is 22.2. The van der Waals surface area contributed by atoms with Gasteiger partial charge in [0, 0.05) is 25.6 Å². The second kappa shape index (κ2) is 10.0. The number of hydrogen-bond acceptors (Lipinski definition) is 4. The summed E-state index contributed by atoms with van der Waals surface area (Å²) in [5.41, 5.74) is 1.13. The molecular weight excluding hydrogens is 407 g/mol. The van der Waals surface area contributed by atoms with E-state index in [1.807, 2.05) is 31.2 Å². The van der Waals surface area contributed by atoms with E-state index in [2.05, 4.69) is 5.32 Å². The molecule has 0 aromatic heterocycles. The van der Waals surface area contributed by atoms with Crippen LogP contribution in [0.5, 0.6) is 5.75 Å². The number of rotatable bonds is 8. The molecule has 0 saturated carbocycles. The van der Waals surface area contributed by atoms with E-state index < -0.39 is 15.8 Å². The Morgan fingerprint density at radius 1 is 1.17 bits per heavy atom. The zero-order chi connectivity index (χ0) is 21.6. The highest BCUT2D eigenvalue weighted by Crippen LogP contribution is 2.24. The van der Waals surface area contributed by atoms with Crippen molar-refractivity contribution in [2.45, 2.75) is 31.1 Å². The van der Waals surface area contributed by atoms with Gasteiger partial charge in [-0.1, -0.05) is 12.1 Å². The summed E-state index contributed by atoms with van der Waals surface area (Å²) in [6.45, 7) is 3.57. The third-order valence-corrected chi connectivity index (χ3v) is 7.07. The molecule has 0 spiro atoms. The third-order valence-electron chi connectivity index (χ3n) is 5.15. The second-order valence-electron chi connectivity index (χ2n) is 7.44. The summed E-state index contributed by atoms with van der Waals surface area (Å²) in [5, 5.41) is 2.91. The van der Waals surface area contributed by atoms with E-state index in [0.717, 1.165) is 23.4 Å². The van der Waals surface area contributed by atoms with Gasteiger partial charge >= 0.3 is 0 Å². The maximum atomic E-state index is 13.0. The lowest BCUT2D eigenvalue weighted by atomic mass is 9.97. The number of nitrogens with zero attached hydrogens (tertiary/aromatic N) is 1. The largest absolute Gasteiger partial charge is 0.494 e. The summed E-state index contributed by atoms with van der Waals surface area (Å²) < 4.78 is 45.4. The van der Waals surface area contributed by atoms with Crippen LogP contribution < -0.4 is 10.1 Å². The molecule has 0 unspecified atom stereocenters. The number of hydrogen-bond donors (Lipinski definition) is 1. The summed E-state index contributed by atoms with van der Waals surface area (Å²) >= 11 is 0. The molecule has 1 amide bonds. The van der Waals surface area contributed by atoms with Gasteiger partial charge in [0.25, 0.3) is 0 Å². The van der Waals surface area contributed by atoms with Crippen LogP contribution in [-0.2, 0) is 14.8 Å². The Morgan fingerprint density at radius 3 is 2.53 bits per heavy atom. The molecule has 6 nitrogen and oxygen atoms in total. The number of amides is 1. The molecular formula is C22H27FN2O4S. The quantitative estimate of drug-likeness (QED) is 0.648. The Labute approximate surface area is 177 Å². The van der Waals surface area contributed by atoms with E-state index in [9.17, 15) is 17.6 Å². The van der Waals surface area contributed by atoms with Crippen LogP contribution in [0.3, 0.4) is 0 Å². The molecule has 2 aromatic carbocycles.